The second-order valence-electron chi connectivity index (χ2n) is 3.86. The van der Waals surface area contributed by atoms with Crippen LogP contribution in [-0.4, -0.2) is 15.5 Å². The minimum absolute atomic E-state index is 0.184. The SMILES string of the molecule is CC(F)(F)CCn1ccc2c(Cl)nccc21. The number of aromatic nitrogens is 2. The first kappa shape index (κ1) is 11.3. The summed E-state index contributed by atoms with van der Waals surface area (Å²) in [6.45, 7) is 1.20. The Hall–Kier alpha value is -1.16. The smallest absolute Gasteiger partial charge is 0.247 e. The third-order valence-corrected chi connectivity index (χ3v) is 2.74. The first-order valence-electron chi connectivity index (χ1n) is 4.94. The van der Waals surface area contributed by atoms with Gasteiger partial charge in [0, 0.05) is 30.7 Å². The minimum Gasteiger partial charge on any atom is -0.347 e. The molecule has 0 saturated carbocycles. The van der Waals surface area contributed by atoms with Gasteiger partial charge in [0.1, 0.15) is 5.15 Å². The predicted molar refractivity (Wildman–Crippen MR) is 60.0 cm³/mol. The summed E-state index contributed by atoms with van der Waals surface area (Å²) in [6.07, 6.45) is 3.14. The van der Waals surface area contributed by atoms with Gasteiger partial charge in [0.2, 0.25) is 5.92 Å². The van der Waals surface area contributed by atoms with Crippen molar-refractivity contribution in [2.24, 2.45) is 0 Å². The molecule has 0 saturated heterocycles. The van der Waals surface area contributed by atoms with Gasteiger partial charge in [-0.1, -0.05) is 11.6 Å². The number of hydrogen-bond acceptors (Lipinski definition) is 1. The normalized spacial score (nSPS) is 12.2. The molecule has 0 fully saturated rings. The van der Waals surface area contributed by atoms with Crippen LogP contribution in [0.1, 0.15) is 13.3 Å². The van der Waals surface area contributed by atoms with E-state index in [2.05, 4.69) is 4.98 Å². The molecule has 0 aliphatic carbocycles. The Balaban J connectivity index is 2.29. The van der Waals surface area contributed by atoms with Crippen LogP contribution in [0.25, 0.3) is 10.9 Å². The van der Waals surface area contributed by atoms with E-state index < -0.39 is 5.92 Å². The van der Waals surface area contributed by atoms with E-state index >= 15 is 0 Å². The van der Waals surface area contributed by atoms with Crippen LogP contribution in [0.2, 0.25) is 5.15 Å². The molecule has 0 spiro atoms. The average Bonchev–Trinajstić information content (AvgIpc) is 2.58. The van der Waals surface area contributed by atoms with E-state index in [1.54, 1.807) is 29.1 Å². The first-order chi connectivity index (χ1) is 7.47. The number of pyridine rings is 1. The van der Waals surface area contributed by atoms with Gasteiger partial charge in [-0.25, -0.2) is 13.8 Å². The second kappa shape index (κ2) is 4.01. The van der Waals surface area contributed by atoms with Gasteiger partial charge < -0.3 is 4.57 Å². The fourth-order valence-electron chi connectivity index (χ4n) is 1.60. The average molecular weight is 245 g/mol. The highest BCUT2D eigenvalue weighted by atomic mass is 35.5. The Bertz CT molecular complexity index is 502. The van der Waals surface area contributed by atoms with Crippen LogP contribution in [-0.2, 0) is 6.54 Å². The maximum Gasteiger partial charge on any atom is 0.247 e. The zero-order chi connectivity index (χ0) is 11.8. The van der Waals surface area contributed by atoms with Gasteiger partial charge in [-0.3, -0.25) is 0 Å². The maximum atomic E-state index is 12.7. The molecule has 0 radical (unpaired) electrons. The lowest BCUT2D eigenvalue weighted by atomic mass is 10.2. The van der Waals surface area contributed by atoms with E-state index in [-0.39, 0.29) is 13.0 Å². The van der Waals surface area contributed by atoms with Crippen molar-refractivity contribution in [3.05, 3.63) is 29.7 Å². The van der Waals surface area contributed by atoms with Crippen molar-refractivity contribution in [3.63, 3.8) is 0 Å². The highest BCUT2D eigenvalue weighted by Crippen LogP contribution is 2.24. The molecule has 2 rings (SSSR count). The van der Waals surface area contributed by atoms with E-state index in [9.17, 15) is 8.78 Å². The predicted octanol–water partition coefficient (Wildman–Crippen LogP) is 3.74. The van der Waals surface area contributed by atoms with Crippen LogP contribution in [0.15, 0.2) is 24.5 Å². The van der Waals surface area contributed by atoms with Gasteiger partial charge in [-0.05, 0) is 19.1 Å². The number of fused-ring (bicyclic) bond motifs is 1. The van der Waals surface area contributed by atoms with Crippen molar-refractivity contribution in [2.45, 2.75) is 25.8 Å². The molecule has 0 atom stereocenters. The lowest BCUT2D eigenvalue weighted by Gasteiger charge is -2.11. The largest absolute Gasteiger partial charge is 0.347 e. The molecule has 5 heteroatoms. The van der Waals surface area contributed by atoms with Crippen LogP contribution in [0, 0.1) is 0 Å². The molecule has 0 aliphatic rings. The number of alkyl halides is 2. The quantitative estimate of drug-likeness (QED) is 0.752. The Morgan fingerprint density at radius 1 is 1.44 bits per heavy atom. The number of halogens is 3. The Morgan fingerprint density at radius 2 is 2.19 bits per heavy atom. The molecule has 2 aromatic rings. The van der Waals surface area contributed by atoms with Gasteiger partial charge in [0.25, 0.3) is 0 Å². The second-order valence-corrected chi connectivity index (χ2v) is 4.22. The van der Waals surface area contributed by atoms with Crippen LogP contribution < -0.4 is 0 Å². The zero-order valence-corrected chi connectivity index (χ0v) is 9.51. The standard InChI is InChI=1S/C11H11ClF2N2/c1-11(13,14)4-7-16-6-3-8-9(16)2-5-15-10(8)12/h2-3,5-6H,4,7H2,1H3. The number of nitrogens with zero attached hydrogens (tertiary/aromatic N) is 2. The Kier molecular flexibility index (Phi) is 2.84. The monoisotopic (exact) mass is 244 g/mol. The summed E-state index contributed by atoms with van der Waals surface area (Å²) in [5, 5.41) is 1.20. The molecular weight excluding hydrogens is 234 g/mol. The van der Waals surface area contributed by atoms with Gasteiger partial charge in [0.15, 0.2) is 0 Å². The topological polar surface area (TPSA) is 17.8 Å². The molecule has 86 valence electrons. The zero-order valence-electron chi connectivity index (χ0n) is 8.75. The van der Waals surface area contributed by atoms with Gasteiger partial charge in [-0.2, -0.15) is 0 Å². The van der Waals surface area contributed by atoms with Gasteiger partial charge in [-0.15, -0.1) is 0 Å². The summed E-state index contributed by atoms with van der Waals surface area (Å²) in [5.74, 6) is -2.65. The van der Waals surface area contributed by atoms with E-state index in [0.29, 0.717) is 5.15 Å². The highest BCUT2D eigenvalue weighted by molar-refractivity contribution is 6.34. The summed E-state index contributed by atoms with van der Waals surface area (Å²) in [5.41, 5.74) is 0.837. The Labute approximate surface area is 96.8 Å². The number of rotatable bonds is 3. The third-order valence-electron chi connectivity index (χ3n) is 2.44. The van der Waals surface area contributed by atoms with Gasteiger partial charge in [0.05, 0.1) is 5.52 Å². The molecule has 0 bridgehead atoms. The summed E-state index contributed by atoms with van der Waals surface area (Å²) < 4.78 is 27.2. The van der Waals surface area contributed by atoms with Crippen LogP contribution >= 0.6 is 11.6 Å². The van der Waals surface area contributed by atoms with Crippen LogP contribution in [0.3, 0.4) is 0 Å². The summed E-state index contributed by atoms with van der Waals surface area (Å²) in [7, 11) is 0. The van der Waals surface area contributed by atoms with E-state index in [1.807, 2.05) is 0 Å². The lowest BCUT2D eigenvalue weighted by molar-refractivity contribution is 0.00902. The molecule has 0 aromatic carbocycles. The first-order valence-corrected chi connectivity index (χ1v) is 5.32. The van der Waals surface area contributed by atoms with Crippen molar-refractivity contribution in [2.75, 3.05) is 0 Å². The lowest BCUT2D eigenvalue weighted by Crippen LogP contribution is -2.13. The summed E-state index contributed by atoms with van der Waals surface area (Å²) in [6, 6.07) is 3.56. The fraction of sp³-hybridized carbons (Fsp3) is 0.364. The molecule has 0 aliphatic heterocycles. The highest BCUT2D eigenvalue weighted by Gasteiger charge is 2.20. The molecule has 0 N–H and O–H groups in total. The van der Waals surface area contributed by atoms with Crippen molar-refractivity contribution in [3.8, 4) is 0 Å². The number of hydrogen-bond donors (Lipinski definition) is 0. The van der Waals surface area contributed by atoms with E-state index in [1.165, 1.54) is 0 Å². The molecule has 16 heavy (non-hydrogen) atoms. The molecule has 0 amide bonds. The van der Waals surface area contributed by atoms with E-state index in [0.717, 1.165) is 17.8 Å². The molecule has 2 aromatic heterocycles. The van der Waals surface area contributed by atoms with Crippen LogP contribution in [0.4, 0.5) is 8.78 Å². The molecule has 2 nitrogen and oxygen atoms in total. The van der Waals surface area contributed by atoms with E-state index in [4.69, 9.17) is 11.6 Å². The van der Waals surface area contributed by atoms with Crippen molar-refractivity contribution in [1.29, 1.82) is 0 Å². The fourth-order valence-corrected chi connectivity index (χ4v) is 1.82. The summed E-state index contributed by atoms with van der Waals surface area (Å²) >= 11 is 5.89. The molecular formula is C11H11ClF2N2. The molecule has 0 unspecified atom stereocenters. The van der Waals surface area contributed by atoms with Crippen molar-refractivity contribution < 1.29 is 8.78 Å². The summed E-state index contributed by atoms with van der Waals surface area (Å²) in [4.78, 5) is 3.93. The van der Waals surface area contributed by atoms with Crippen molar-refractivity contribution in [1.82, 2.24) is 9.55 Å². The van der Waals surface area contributed by atoms with Gasteiger partial charge >= 0.3 is 0 Å². The minimum atomic E-state index is -2.65. The number of aryl methyl sites for hydroxylation is 1. The van der Waals surface area contributed by atoms with Crippen molar-refractivity contribution >= 4 is 22.5 Å². The molecule has 2 heterocycles. The van der Waals surface area contributed by atoms with Crippen LogP contribution in [0.5, 0.6) is 0 Å². The maximum absolute atomic E-state index is 12.7. The Morgan fingerprint density at radius 3 is 2.88 bits per heavy atom. The third kappa shape index (κ3) is 2.32.